The number of amides is 1. The van der Waals surface area contributed by atoms with Gasteiger partial charge in [-0.05, 0) is 63.2 Å². The molecule has 0 unspecified atom stereocenters. The van der Waals surface area contributed by atoms with Gasteiger partial charge in [-0.1, -0.05) is 12.1 Å². The number of likely N-dealkylation sites (tertiary alicyclic amines) is 1. The standard InChI is InChI=1S/C30H34F2N4O2/c1-21-6-9-27(30(37)36-16-14-35(15-17-36)25-4-3-5-26(19-25)38-2)29(33-21)22-10-12-34(13-11-22)20-23-7-8-24(31)18-28(23)32/h3-9,18-19,22H,10-17,20H2,1-2H3. The van der Waals surface area contributed by atoms with Crippen LogP contribution in [-0.2, 0) is 6.54 Å². The number of aryl methyl sites for hydroxylation is 1. The van der Waals surface area contributed by atoms with E-state index in [1.165, 1.54) is 12.1 Å². The Balaban J connectivity index is 1.23. The zero-order valence-corrected chi connectivity index (χ0v) is 22.0. The Morgan fingerprint density at radius 1 is 0.974 bits per heavy atom. The molecule has 2 aliphatic rings. The summed E-state index contributed by atoms with van der Waals surface area (Å²) in [5.74, 6) is -0.0405. The van der Waals surface area contributed by atoms with Crippen molar-refractivity contribution in [3.63, 3.8) is 0 Å². The van der Waals surface area contributed by atoms with Crippen LogP contribution in [0.4, 0.5) is 14.5 Å². The third-order valence-electron chi connectivity index (χ3n) is 7.66. The molecule has 2 aliphatic heterocycles. The van der Waals surface area contributed by atoms with E-state index in [4.69, 9.17) is 9.72 Å². The number of methoxy groups -OCH3 is 1. The van der Waals surface area contributed by atoms with Gasteiger partial charge in [0.15, 0.2) is 0 Å². The maximum absolute atomic E-state index is 14.1. The topological polar surface area (TPSA) is 48.9 Å². The van der Waals surface area contributed by atoms with E-state index < -0.39 is 11.6 Å². The van der Waals surface area contributed by atoms with Crippen molar-refractivity contribution >= 4 is 11.6 Å². The minimum Gasteiger partial charge on any atom is -0.497 e. The van der Waals surface area contributed by atoms with Crippen LogP contribution in [0.15, 0.2) is 54.6 Å². The van der Waals surface area contributed by atoms with Gasteiger partial charge in [0, 0.05) is 67.7 Å². The minimum atomic E-state index is -0.561. The molecule has 0 radical (unpaired) electrons. The van der Waals surface area contributed by atoms with E-state index in [1.807, 2.05) is 42.2 Å². The average molecular weight is 521 g/mol. The number of hydrogen-bond acceptors (Lipinski definition) is 5. The van der Waals surface area contributed by atoms with Gasteiger partial charge in [0.2, 0.25) is 0 Å². The van der Waals surface area contributed by atoms with Gasteiger partial charge in [0.25, 0.3) is 5.91 Å². The van der Waals surface area contributed by atoms with Crippen molar-refractivity contribution in [2.24, 2.45) is 0 Å². The van der Waals surface area contributed by atoms with E-state index in [2.05, 4.69) is 15.9 Å². The first kappa shape index (κ1) is 26.1. The number of benzene rings is 2. The van der Waals surface area contributed by atoms with E-state index in [0.717, 1.165) is 67.9 Å². The fourth-order valence-electron chi connectivity index (χ4n) is 5.47. The van der Waals surface area contributed by atoms with Crippen molar-refractivity contribution in [3.8, 4) is 5.75 Å². The minimum absolute atomic E-state index is 0.0357. The number of pyridine rings is 1. The SMILES string of the molecule is COc1cccc(N2CCN(C(=O)c3ccc(C)nc3C3CCN(Cc4ccc(F)cc4F)CC3)CC2)c1. The van der Waals surface area contributed by atoms with Crippen molar-refractivity contribution in [2.45, 2.75) is 32.2 Å². The van der Waals surface area contributed by atoms with E-state index in [1.54, 1.807) is 7.11 Å². The number of nitrogens with zero attached hydrogens (tertiary/aromatic N) is 4. The van der Waals surface area contributed by atoms with Crippen molar-refractivity contribution in [1.29, 1.82) is 0 Å². The Bertz CT molecular complexity index is 1280. The number of hydrogen-bond donors (Lipinski definition) is 0. The molecule has 0 saturated carbocycles. The van der Waals surface area contributed by atoms with Gasteiger partial charge in [-0.2, -0.15) is 0 Å². The smallest absolute Gasteiger partial charge is 0.255 e. The molecule has 0 bridgehead atoms. The zero-order chi connectivity index (χ0) is 26.6. The summed E-state index contributed by atoms with van der Waals surface area (Å²) >= 11 is 0. The molecular formula is C30H34F2N4O2. The normalized spacial score (nSPS) is 17.1. The number of piperidine rings is 1. The van der Waals surface area contributed by atoms with Crippen molar-refractivity contribution in [1.82, 2.24) is 14.8 Å². The van der Waals surface area contributed by atoms with E-state index in [-0.39, 0.29) is 11.8 Å². The molecule has 38 heavy (non-hydrogen) atoms. The van der Waals surface area contributed by atoms with Crippen LogP contribution in [0.25, 0.3) is 0 Å². The van der Waals surface area contributed by atoms with Crippen LogP contribution in [0.5, 0.6) is 5.75 Å². The molecule has 200 valence electrons. The largest absolute Gasteiger partial charge is 0.497 e. The first-order chi connectivity index (χ1) is 18.4. The number of piperazine rings is 1. The Morgan fingerprint density at radius 3 is 2.45 bits per heavy atom. The highest BCUT2D eigenvalue weighted by Gasteiger charge is 2.29. The van der Waals surface area contributed by atoms with Gasteiger partial charge >= 0.3 is 0 Å². The molecule has 5 rings (SSSR count). The van der Waals surface area contributed by atoms with Gasteiger partial charge in [-0.3, -0.25) is 14.7 Å². The number of anilines is 1. The van der Waals surface area contributed by atoms with Gasteiger partial charge in [-0.25, -0.2) is 8.78 Å². The Kier molecular flexibility index (Phi) is 7.88. The Labute approximate surface area is 222 Å². The molecule has 0 N–H and O–H groups in total. The van der Waals surface area contributed by atoms with Crippen LogP contribution in [0.2, 0.25) is 0 Å². The fraction of sp³-hybridized carbons (Fsp3) is 0.400. The summed E-state index contributed by atoms with van der Waals surface area (Å²) in [6.45, 7) is 6.74. The Hall–Kier alpha value is -3.52. The lowest BCUT2D eigenvalue weighted by Crippen LogP contribution is -2.49. The van der Waals surface area contributed by atoms with Crippen LogP contribution in [-0.4, -0.2) is 67.1 Å². The number of carbonyl (C=O) groups excluding carboxylic acids is 1. The molecular weight excluding hydrogens is 486 g/mol. The highest BCUT2D eigenvalue weighted by molar-refractivity contribution is 5.95. The zero-order valence-electron chi connectivity index (χ0n) is 22.0. The van der Waals surface area contributed by atoms with Crippen molar-refractivity contribution in [2.75, 3.05) is 51.3 Å². The van der Waals surface area contributed by atoms with E-state index in [9.17, 15) is 13.6 Å². The number of halogens is 2. The van der Waals surface area contributed by atoms with Gasteiger partial charge < -0.3 is 14.5 Å². The van der Waals surface area contributed by atoms with Crippen LogP contribution in [0, 0.1) is 18.6 Å². The summed E-state index contributed by atoms with van der Waals surface area (Å²) in [6.07, 6.45) is 1.67. The number of aromatic nitrogens is 1. The van der Waals surface area contributed by atoms with E-state index in [0.29, 0.717) is 30.8 Å². The van der Waals surface area contributed by atoms with Crippen LogP contribution in [0.3, 0.4) is 0 Å². The van der Waals surface area contributed by atoms with Gasteiger partial charge in [0.05, 0.1) is 18.4 Å². The first-order valence-corrected chi connectivity index (χ1v) is 13.2. The lowest BCUT2D eigenvalue weighted by Gasteiger charge is -2.37. The van der Waals surface area contributed by atoms with E-state index >= 15 is 0 Å². The summed E-state index contributed by atoms with van der Waals surface area (Å²) in [7, 11) is 1.66. The Morgan fingerprint density at radius 2 is 1.74 bits per heavy atom. The molecule has 3 heterocycles. The summed E-state index contributed by atoms with van der Waals surface area (Å²) in [5.41, 5.74) is 4.06. The summed E-state index contributed by atoms with van der Waals surface area (Å²) in [6, 6.07) is 15.6. The summed E-state index contributed by atoms with van der Waals surface area (Å²) < 4.78 is 32.8. The second-order valence-corrected chi connectivity index (χ2v) is 10.2. The molecule has 0 atom stereocenters. The molecule has 3 aromatic rings. The number of carbonyl (C=O) groups is 1. The lowest BCUT2D eigenvalue weighted by atomic mass is 9.89. The van der Waals surface area contributed by atoms with Crippen LogP contribution < -0.4 is 9.64 Å². The second kappa shape index (κ2) is 11.5. The molecule has 8 heteroatoms. The molecule has 0 aliphatic carbocycles. The molecule has 2 aromatic carbocycles. The van der Waals surface area contributed by atoms with Crippen LogP contribution in [0.1, 0.15) is 46.1 Å². The molecule has 1 amide bonds. The van der Waals surface area contributed by atoms with Crippen molar-refractivity contribution in [3.05, 3.63) is 88.7 Å². The van der Waals surface area contributed by atoms with Crippen LogP contribution >= 0.6 is 0 Å². The monoisotopic (exact) mass is 520 g/mol. The lowest BCUT2D eigenvalue weighted by molar-refractivity contribution is 0.0743. The first-order valence-electron chi connectivity index (χ1n) is 13.2. The highest BCUT2D eigenvalue weighted by Crippen LogP contribution is 2.31. The molecule has 0 spiro atoms. The predicted octanol–water partition coefficient (Wildman–Crippen LogP) is 5.02. The summed E-state index contributed by atoms with van der Waals surface area (Å²) in [5, 5.41) is 0. The van der Waals surface area contributed by atoms with Crippen molar-refractivity contribution < 1.29 is 18.3 Å². The molecule has 2 fully saturated rings. The molecule has 1 aromatic heterocycles. The average Bonchev–Trinajstić information content (AvgIpc) is 2.94. The van der Waals surface area contributed by atoms with Gasteiger partial charge in [0.1, 0.15) is 17.4 Å². The molecule has 2 saturated heterocycles. The maximum Gasteiger partial charge on any atom is 0.255 e. The number of ether oxygens (including phenoxy) is 1. The fourth-order valence-corrected chi connectivity index (χ4v) is 5.47. The summed E-state index contributed by atoms with van der Waals surface area (Å²) in [4.78, 5) is 24.9. The third kappa shape index (κ3) is 5.80. The van der Waals surface area contributed by atoms with Gasteiger partial charge in [-0.15, -0.1) is 0 Å². The predicted molar refractivity (Wildman–Crippen MR) is 144 cm³/mol. The number of rotatable bonds is 6. The highest BCUT2D eigenvalue weighted by atomic mass is 19.1. The third-order valence-corrected chi connectivity index (χ3v) is 7.66. The molecule has 6 nitrogen and oxygen atoms in total. The second-order valence-electron chi connectivity index (χ2n) is 10.2. The maximum atomic E-state index is 14.1. The quantitative estimate of drug-likeness (QED) is 0.457.